The molecule has 6 rings (SSSR count). The summed E-state index contributed by atoms with van der Waals surface area (Å²) in [7, 11) is 0. The lowest BCUT2D eigenvalue weighted by atomic mass is 10.0. The molecule has 45 heavy (non-hydrogen) atoms. The number of fused-ring (bicyclic) bond motifs is 3. The number of pyridine rings is 1. The minimum atomic E-state index is -1.36. The van der Waals surface area contributed by atoms with Crippen LogP contribution >= 0.6 is 0 Å². The summed E-state index contributed by atoms with van der Waals surface area (Å²) in [4.78, 5) is 73.3. The van der Waals surface area contributed by atoms with Crippen LogP contribution in [0.25, 0.3) is 0 Å². The number of carboxylic acids is 1. The standard InChI is InChI=1S/C32H43N5O8/c38-27-26-14-24(45-31(43)36-17-20-12-13-33-16-21(20)18-36)19-37(26)28(39)25(34-30(42)44-23-9-6-7-10-23)11-5-3-1-2-4-8-22-15-32(22,35-27)29(40)41/h12-13,16,22-26H,1-11,14-15,17-19H2,(H,34,42)(H,35,38)(H,40,41)/t22-,24-,25+,26+,32-/m1/s1. The molecule has 0 unspecified atom stereocenters. The van der Waals surface area contributed by atoms with Gasteiger partial charge in [0.25, 0.3) is 0 Å². The maximum Gasteiger partial charge on any atom is 0.410 e. The van der Waals surface area contributed by atoms with Crippen molar-refractivity contribution in [3.05, 3.63) is 29.6 Å². The molecule has 244 valence electrons. The normalized spacial score (nSPS) is 30.7. The number of carbonyl (C=O) groups is 5. The predicted octanol–water partition coefficient (Wildman–Crippen LogP) is 3.24. The van der Waals surface area contributed by atoms with E-state index in [0.29, 0.717) is 38.8 Å². The molecule has 3 aliphatic heterocycles. The number of alkyl carbamates (subject to hydrolysis) is 1. The van der Waals surface area contributed by atoms with Crippen LogP contribution in [0.3, 0.4) is 0 Å². The van der Waals surface area contributed by atoms with E-state index in [0.717, 1.165) is 62.5 Å². The number of carbonyl (C=O) groups excluding carboxylic acids is 4. The van der Waals surface area contributed by atoms with Crippen molar-refractivity contribution in [2.75, 3.05) is 6.54 Å². The zero-order valence-electron chi connectivity index (χ0n) is 25.6. The zero-order valence-corrected chi connectivity index (χ0v) is 25.6. The first-order chi connectivity index (χ1) is 21.7. The van der Waals surface area contributed by atoms with Crippen molar-refractivity contribution in [1.82, 2.24) is 25.4 Å². The summed E-state index contributed by atoms with van der Waals surface area (Å²) in [6.07, 6.45) is 10.4. The highest BCUT2D eigenvalue weighted by molar-refractivity contribution is 5.96. The minimum absolute atomic E-state index is 0.0191. The van der Waals surface area contributed by atoms with E-state index >= 15 is 0 Å². The van der Waals surface area contributed by atoms with Gasteiger partial charge >= 0.3 is 18.2 Å². The number of hydrogen-bond donors (Lipinski definition) is 3. The lowest BCUT2D eigenvalue weighted by molar-refractivity contribution is -0.146. The third-order valence-electron chi connectivity index (χ3n) is 10.1. The predicted molar refractivity (Wildman–Crippen MR) is 158 cm³/mol. The molecular weight excluding hydrogens is 582 g/mol. The van der Waals surface area contributed by atoms with Gasteiger partial charge in [0.15, 0.2) is 0 Å². The Kier molecular flexibility index (Phi) is 9.14. The van der Waals surface area contributed by atoms with E-state index in [4.69, 9.17) is 9.47 Å². The third-order valence-corrected chi connectivity index (χ3v) is 10.1. The highest BCUT2D eigenvalue weighted by atomic mass is 16.6. The first kappa shape index (κ1) is 31.1. The molecule has 2 saturated heterocycles. The van der Waals surface area contributed by atoms with Gasteiger partial charge in [0.05, 0.1) is 13.1 Å². The molecule has 5 aliphatic rings. The molecule has 3 N–H and O–H groups in total. The molecule has 5 atom stereocenters. The van der Waals surface area contributed by atoms with E-state index in [1.807, 2.05) is 6.07 Å². The van der Waals surface area contributed by atoms with E-state index < -0.39 is 53.7 Å². The molecule has 0 aromatic carbocycles. The van der Waals surface area contributed by atoms with Crippen LogP contribution in [0.15, 0.2) is 18.5 Å². The topological polar surface area (TPSA) is 167 Å². The summed E-state index contributed by atoms with van der Waals surface area (Å²) in [5, 5.41) is 15.6. The van der Waals surface area contributed by atoms with E-state index in [9.17, 15) is 29.1 Å². The minimum Gasteiger partial charge on any atom is -0.479 e. The summed E-state index contributed by atoms with van der Waals surface area (Å²) in [5.74, 6) is -2.31. The second kappa shape index (κ2) is 13.2. The Hall–Kier alpha value is -3.90. The Bertz CT molecular complexity index is 1290. The molecular formula is C32H43N5O8. The van der Waals surface area contributed by atoms with Crippen LogP contribution < -0.4 is 10.6 Å². The van der Waals surface area contributed by atoms with Crippen LogP contribution in [0, 0.1) is 5.92 Å². The van der Waals surface area contributed by atoms with Gasteiger partial charge in [0.2, 0.25) is 11.8 Å². The second-order valence-electron chi connectivity index (χ2n) is 13.3. The summed E-state index contributed by atoms with van der Waals surface area (Å²) in [6, 6.07) is -0.142. The Morgan fingerprint density at radius 3 is 2.40 bits per heavy atom. The Balaban J connectivity index is 1.20. The summed E-state index contributed by atoms with van der Waals surface area (Å²) < 4.78 is 11.4. The van der Waals surface area contributed by atoms with Crippen LogP contribution in [-0.4, -0.2) is 86.2 Å². The molecule has 1 aromatic heterocycles. The van der Waals surface area contributed by atoms with Crippen molar-refractivity contribution in [3.8, 4) is 0 Å². The van der Waals surface area contributed by atoms with Gasteiger partial charge in [-0.15, -0.1) is 0 Å². The van der Waals surface area contributed by atoms with Gasteiger partial charge in [-0.25, -0.2) is 14.4 Å². The van der Waals surface area contributed by atoms with Gasteiger partial charge in [-0.05, 0) is 68.1 Å². The molecule has 1 aromatic rings. The van der Waals surface area contributed by atoms with Crippen LogP contribution in [-0.2, 0) is 36.9 Å². The average Bonchev–Trinajstić information content (AvgIpc) is 3.43. The second-order valence-corrected chi connectivity index (χ2v) is 13.3. The molecule has 4 heterocycles. The number of amides is 4. The fourth-order valence-electron chi connectivity index (χ4n) is 7.45. The quantitative estimate of drug-likeness (QED) is 0.455. The molecule has 4 amide bonds. The summed E-state index contributed by atoms with van der Waals surface area (Å²) >= 11 is 0. The van der Waals surface area contributed by atoms with Crippen molar-refractivity contribution in [1.29, 1.82) is 0 Å². The molecule has 0 spiro atoms. The lowest BCUT2D eigenvalue weighted by Gasteiger charge is -2.29. The van der Waals surface area contributed by atoms with Gasteiger partial charge in [-0.1, -0.05) is 32.1 Å². The summed E-state index contributed by atoms with van der Waals surface area (Å²) in [6.45, 7) is 0.664. The van der Waals surface area contributed by atoms with Crippen molar-refractivity contribution >= 4 is 30.0 Å². The van der Waals surface area contributed by atoms with Gasteiger partial charge in [-0.2, -0.15) is 0 Å². The molecule has 0 bridgehead atoms. The number of nitrogens with one attached hydrogen (secondary N) is 2. The number of rotatable bonds is 4. The van der Waals surface area contributed by atoms with Crippen molar-refractivity contribution in [2.24, 2.45) is 5.92 Å². The fraction of sp³-hybridized carbons (Fsp3) is 0.688. The van der Waals surface area contributed by atoms with Gasteiger partial charge in [0.1, 0.15) is 29.8 Å². The van der Waals surface area contributed by atoms with E-state index in [1.54, 1.807) is 17.3 Å². The largest absolute Gasteiger partial charge is 0.479 e. The van der Waals surface area contributed by atoms with Gasteiger partial charge in [0, 0.05) is 25.4 Å². The SMILES string of the molecule is O=C(N[C@H]1CCCCCCC[C@@H]2C[C@@]2(C(=O)O)NC(=O)[C@@H]2C[C@@H](OC(=O)N3Cc4ccncc4C3)CN2C1=O)OC1CCCC1. The van der Waals surface area contributed by atoms with Crippen LogP contribution in [0.1, 0.15) is 94.6 Å². The van der Waals surface area contributed by atoms with Gasteiger partial charge < -0.3 is 30.1 Å². The highest BCUT2D eigenvalue weighted by Crippen LogP contribution is 2.47. The molecule has 13 heteroatoms. The number of aliphatic carboxylic acids is 1. The number of carboxylic acid groups (broad SMARTS) is 1. The smallest absolute Gasteiger partial charge is 0.410 e. The lowest BCUT2D eigenvalue weighted by Crippen LogP contribution is -2.56. The van der Waals surface area contributed by atoms with Crippen molar-refractivity contribution in [2.45, 2.75) is 126 Å². The van der Waals surface area contributed by atoms with E-state index in [-0.39, 0.29) is 25.0 Å². The van der Waals surface area contributed by atoms with Crippen LogP contribution in [0.5, 0.6) is 0 Å². The Labute approximate surface area is 262 Å². The van der Waals surface area contributed by atoms with Gasteiger partial charge in [-0.3, -0.25) is 19.5 Å². The molecule has 4 fully saturated rings. The number of ether oxygens (including phenoxy) is 2. The number of hydrogen-bond acceptors (Lipinski definition) is 8. The highest BCUT2D eigenvalue weighted by Gasteiger charge is 2.62. The summed E-state index contributed by atoms with van der Waals surface area (Å²) in [5.41, 5.74) is 0.546. The zero-order chi connectivity index (χ0) is 31.6. The fourth-order valence-corrected chi connectivity index (χ4v) is 7.45. The van der Waals surface area contributed by atoms with Crippen LogP contribution in [0.4, 0.5) is 9.59 Å². The van der Waals surface area contributed by atoms with Crippen LogP contribution in [0.2, 0.25) is 0 Å². The maximum atomic E-state index is 14.1. The molecule has 2 saturated carbocycles. The Morgan fingerprint density at radius 1 is 0.933 bits per heavy atom. The first-order valence-corrected chi connectivity index (χ1v) is 16.4. The van der Waals surface area contributed by atoms with Crippen molar-refractivity contribution in [3.63, 3.8) is 0 Å². The molecule has 13 nitrogen and oxygen atoms in total. The maximum absolute atomic E-state index is 14.1. The number of nitrogens with zero attached hydrogens (tertiary/aromatic N) is 3. The monoisotopic (exact) mass is 625 g/mol. The van der Waals surface area contributed by atoms with E-state index in [1.165, 1.54) is 4.90 Å². The molecule has 2 aliphatic carbocycles. The molecule has 0 radical (unpaired) electrons. The number of aromatic nitrogens is 1. The Morgan fingerprint density at radius 2 is 1.64 bits per heavy atom. The van der Waals surface area contributed by atoms with Crippen molar-refractivity contribution < 1.29 is 38.6 Å². The third kappa shape index (κ3) is 6.86. The first-order valence-electron chi connectivity index (χ1n) is 16.4. The average molecular weight is 626 g/mol. The van der Waals surface area contributed by atoms with E-state index in [2.05, 4.69) is 15.6 Å².